The number of hydrogen-bond donors (Lipinski definition) is 0. The van der Waals surface area contributed by atoms with E-state index in [1.54, 1.807) is 13.2 Å². The molecule has 4 aromatic rings. The number of carbonyl (C=O) groups excluding carboxylic acids is 1. The molecule has 2 aromatic carbocycles. The number of nitrogens with zero attached hydrogens (tertiary/aromatic N) is 4. The van der Waals surface area contributed by atoms with E-state index in [1.165, 1.54) is 12.1 Å². The van der Waals surface area contributed by atoms with Crippen molar-refractivity contribution in [2.75, 3.05) is 20.2 Å². The number of piperidine rings is 1. The van der Waals surface area contributed by atoms with E-state index in [9.17, 15) is 9.18 Å². The largest absolute Gasteiger partial charge is 0.496 e. The highest BCUT2D eigenvalue weighted by Gasteiger charge is 2.28. The summed E-state index contributed by atoms with van der Waals surface area (Å²) < 4.78 is 27.0. The van der Waals surface area contributed by atoms with Crippen LogP contribution in [-0.2, 0) is 17.6 Å². The molecule has 0 spiro atoms. The maximum Gasteiger partial charge on any atom is 0.227 e. The second-order valence-corrected chi connectivity index (χ2v) is 9.11. The van der Waals surface area contributed by atoms with Crippen molar-refractivity contribution >= 4 is 16.9 Å². The molecule has 35 heavy (non-hydrogen) atoms. The summed E-state index contributed by atoms with van der Waals surface area (Å²) in [5.41, 5.74) is 4.23. The van der Waals surface area contributed by atoms with Gasteiger partial charge in [-0.1, -0.05) is 23.4 Å². The molecule has 7 nitrogen and oxygen atoms in total. The predicted molar refractivity (Wildman–Crippen MR) is 130 cm³/mol. The fourth-order valence-corrected chi connectivity index (χ4v) is 5.06. The minimum Gasteiger partial charge on any atom is -0.496 e. The van der Waals surface area contributed by atoms with Gasteiger partial charge in [-0.15, -0.1) is 0 Å². The van der Waals surface area contributed by atoms with E-state index in [0.29, 0.717) is 37.2 Å². The van der Waals surface area contributed by atoms with Crippen LogP contribution < -0.4 is 4.74 Å². The SMILES string of the molecule is COc1ccccc1Cc1nc2cc(F)ccc2n1C1CCN(C(=O)Cc2c(C)noc2C)CC1. The van der Waals surface area contributed by atoms with Crippen LogP contribution >= 0.6 is 0 Å². The van der Waals surface area contributed by atoms with Gasteiger partial charge in [0.2, 0.25) is 5.91 Å². The lowest BCUT2D eigenvalue weighted by Crippen LogP contribution is -2.40. The van der Waals surface area contributed by atoms with Crippen LogP contribution in [0, 0.1) is 19.7 Å². The molecule has 0 radical (unpaired) electrons. The highest BCUT2D eigenvalue weighted by Crippen LogP contribution is 2.32. The lowest BCUT2D eigenvalue weighted by molar-refractivity contribution is -0.131. The van der Waals surface area contributed by atoms with Crippen LogP contribution in [0.4, 0.5) is 4.39 Å². The molecular formula is C27H29FN4O3. The van der Waals surface area contributed by atoms with Crippen molar-refractivity contribution in [2.24, 2.45) is 0 Å². The summed E-state index contributed by atoms with van der Waals surface area (Å²) in [5, 5.41) is 3.96. The molecule has 5 rings (SSSR count). The minimum atomic E-state index is -0.300. The summed E-state index contributed by atoms with van der Waals surface area (Å²) in [5.74, 6) is 2.16. The van der Waals surface area contributed by atoms with Gasteiger partial charge in [-0.05, 0) is 44.9 Å². The molecule has 1 amide bonds. The van der Waals surface area contributed by atoms with Gasteiger partial charge in [0.05, 0.1) is 30.3 Å². The van der Waals surface area contributed by atoms with E-state index >= 15 is 0 Å². The van der Waals surface area contributed by atoms with Crippen molar-refractivity contribution in [1.82, 2.24) is 19.6 Å². The number of carbonyl (C=O) groups is 1. The quantitative estimate of drug-likeness (QED) is 0.400. The number of halogens is 1. The van der Waals surface area contributed by atoms with Crippen LogP contribution in [-0.4, -0.2) is 45.7 Å². The van der Waals surface area contributed by atoms with Crippen molar-refractivity contribution in [3.63, 3.8) is 0 Å². The molecule has 2 aromatic heterocycles. The summed E-state index contributed by atoms with van der Waals surface area (Å²) in [7, 11) is 1.66. The standard InChI is InChI=1S/C27H29FN4O3/c1-17-22(18(2)35-30-17)16-27(33)31-12-10-21(11-13-31)32-24-9-8-20(28)15-23(24)29-26(32)14-19-6-4-5-7-25(19)34-3/h4-9,15,21H,10-14,16H2,1-3H3. The number of para-hydroxylation sites is 1. The number of aromatic nitrogens is 3. The number of hydrogen-bond acceptors (Lipinski definition) is 5. The monoisotopic (exact) mass is 476 g/mol. The summed E-state index contributed by atoms with van der Waals surface area (Å²) in [6.07, 6.45) is 2.48. The van der Waals surface area contributed by atoms with E-state index in [-0.39, 0.29) is 17.8 Å². The van der Waals surface area contributed by atoms with Gasteiger partial charge in [0.25, 0.3) is 0 Å². The molecule has 0 atom stereocenters. The van der Waals surface area contributed by atoms with Crippen LogP contribution in [0.15, 0.2) is 47.0 Å². The first-order chi connectivity index (χ1) is 16.9. The van der Waals surface area contributed by atoms with Crippen molar-refractivity contribution in [2.45, 2.75) is 45.6 Å². The summed E-state index contributed by atoms with van der Waals surface area (Å²) in [6, 6.07) is 12.8. The Labute approximate surface area is 203 Å². The molecular weight excluding hydrogens is 447 g/mol. The summed E-state index contributed by atoms with van der Waals surface area (Å²) in [6.45, 7) is 5.01. The Morgan fingerprint density at radius 2 is 1.94 bits per heavy atom. The molecule has 1 fully saturated rings. The van der Waals surface area contributed by atoms with Gasteiger partial charge < -0.3 is 18.7 Å². The third kappa shape index (κ3) is 4.52. The van der Waals surface area contributed by atoms with Crippen molar-refractivity contribution in [1.29, 1.82) is 0 Å². The van der Waals surface area contributed by atoms with Gasteiger partial charge >= 0.3 is 0 Å². The highest BCUT2D eigenvalue weighted by molar-refractivity contribution is 5.79. The average Bonchev–Trinajstić information content (AvgIpc) is 3.38. The Morgan fingerprint density at radius 1 is 1.17 bits per heavy atom. The topological polar surface area (TPSA) is 73.4 Å². The first-order valence-corrected chi connectivity index (χ1v) is 11.9. The molecule has 1 aliphatic rings. The van der Waals surface area contributed by atoms with Crippen LogP contribution in [0.3, 0.4) is 0 Å². The number of methoxy groups -OCH3 is 1. The van der Waals surface area contributed by atoms with Gasteiger partial charge in [0, 0.05) is 42.7 Å². The van der Waals surface area contributed by atoms with E-state index in [1.807, 2.05) is 43.0 Å². The van der Waals surface area contributed by atoms with Crippen molar-refractivity contribution in [3.05, 3.63) is 76.7 Å². The van der Waals surface area contributed by atoms with E-state index in [4.69, 9.17) is 14.2 Å². The molecule has 0 N–H and O–H groups in total. The Morgan fingerprint density at radius 3 is 2.66 bits per heavy atom. The third-order valence-electron chi connectivity index (χ3n) is 6.96. The smallest absolute Gasteiger partial charge is 0.227 e. The normalized spacial score (nSPS) is 14.6. The van der Waals surface area contributed by atoms with Gasteiger partial charge in [0.15, 0.2) is 0 Å². The summed E-state index contributed by atoms with van der Waals surface area (Å²) in [4.78, 5) is 19.7. The second kappa shape index (κ2) is 9.52. The van der Waals surface area contributed by atoms with Crippen LogP contribution in [0.5, 0.6) is 5.75 Å². The maximum absolute atomic E-state index is 14.0. The second-order valence-electron chi connectivity index (χ2n) is 9.11. The molecule has 0 aliphatic carbocycles. The lowest BCUT2D eigenvalue weighted by Gasteiger charge is -2.34. The number of likely N-dealkylation sites (tertiary alicyclic amines) is 1. The number of aryl methyl sites for hydroxylation is 2. The predicted octanol–water partition coefficient (Wildman–Crippen LogP) is 4.79. The summed E-state index contributed by atoms with van der Waals surface area (Å²) >= 11 is 0. The Balaban J connectivity index is 1.39. The molecule has 0 saturated carbocycles. The van der Waals surface area contributed by atoms with E-state index in [0.717, 1.165) is 46.8 Å². The maximum atomic E-state index is 14.0. The van der Waals surface area contributed by atoms with E-state index in [2.05, 4.69) is 9.72 Å². The van der Waals surface area contributed by atoms with Crippen molar-refractivity contribution in [3.8, 4) is 5.75 Å². The average molecular weight is 477 g/mol. The lowest BCUT2D eigenvalue weighted by atomic mass is 10.0. The number of benzene rings is 2. The molecule has 1 aliphatic heterocycles. The van der Waals surface area contributed by atoms with E-state index < -0.39 is 0 Å². The Hall–Kier alpha value is -3.68. The fraction of sp³-hybridized carbons (Fsp3) is 0.370. The van der Waals surface area contributed by atoms with Gasteiger partial charge in [-0.2, -0.15) is 0 Å². The van der Waals surface area contributed by atoms with Crippen LogP contribution in [0.25, 0.3) is 11.0 Å². The first-order valence-electron chi connectivity index (χ1n) is 11.9. The molecule has 1 saturated heterocycles. The highest BCUT2D eigenvalue weighted by atomic mass is 19.1. The van der Waals surface area contributed by atoms with Crippen LogP contribution in [0.2, 0.25) is 0 Å². The molecule has 0 bridgehead atoms. The number of imidazole rings is 1. The number of ether oxygens (including phenoxy) is 1. The number of fused-ring (bicyclic) bond motifs is 1. The fourth-order valence-electron chi connectivity index (χ4n) is 5.06. The molecule has 0 unspecified atom stereocenters. The zero-order valence-electron chi connectivity index (χ0n) is 20.3. The number of rotatable bonds is 6. The zero-order chi connectivity index (χ0) is 24.5. The first kappa shape index (κ1) is 23.1. The third-order valence-corrected chi connectivity index (χ3v) is 6.96. The van der Waals surface area contributed by atoms with Crippen LogP contribution in [0.1, 0.15) is 47.3 Å². The Bertz CT molecular complexity index is 1350. The van der Waals surface area contributed by atoms with Gasteiger partial charge in [0.1, 0.15) is 23.2 Å². The van der Waals surface area contributed by atoms with Crippen molar-refractivity contribution < 1.29 is 18.4 Å². The zero-order valence-corrected chi connectivity index (χ0v) is 20.3. The minimum absolute atomic E-state index is 0.0876. The molecule has 182 valence electrons. The Kier molecular flexibility index (Phi) is 6.28. The number of amides is 1. The molecule has 8 heteroatoms. The van der Waals surface area contributed by atoms with Gasteiger partial charge in [-0.25, -0.2) is 9.37 Å². The molecule has 3 heterocycles. The van der Waals surface area contributed by atoms with Gasteiger partial charge in [-0.3, -0.25) is 4.79 Å².